The summed E-state index contributed by atoms with van der Waals surface area (Å²) in [6.45, 7) is 3.03. The standard InChI is InChI=1S/C7H14N6OS/c1-5(4-14-2)9-7(15)8-3-6-10-12-13-11-6/h5H,3-4H2,1-2H3,(H2,8,9,15)(H,10,11,12,13). The summed E-state index contributed by atoms with van der Waals surface area (Å²) in [5.74, 6) is 0.568. The Balaban J connectivity index is 2.19. The van der Waals surface area contributed by atoms with E-state index in [-0.39, 0.29) is 6.04 Å². The molecule has 1 unspecified atom stereocenters. The molecular weight excluding hydrogens is 216 g/mol. The monoisotopic (exact) mass is 230 g/mol. The molecule has 8 heteroatoms. The first-order valence-corrected chi connectivity index (χ1v) is 4.89. The third-order valence-corrected chi connectivity index (χ3v) is 1.85. The highest BCUT2D eigenvalue weighted by atomic mass is 32.1. The quantitative estimate of drug-likeness (QED) is 0.571. The van der Waals surface area contributed by atoms with Crippen LogP contribution in [0.15, 0.2) is 0 Å². The van der Waals surface area contributed by atoms with Crippen molar-refractivity contribution >= 4 is 17.3 Å². The molecule has 0 saturated carbocycles. The highest BCUT2D eigenvalue weighted by Crippen LogP contribution is 1.85. The second kappa shape index (κ2) is 6.25. The normalized spacial score (nSPS) is 12.1. The maximum absolute atomic E-state index is 5.05. The molecule has 1 heterocycles. The van der Waals surface area contributed by atoms with E-state index in [9.17, 15) is 0 Å². The second-order valence-electron chi connectivity index (χ2n) is 3.01. The highest BCUT2D eigenvalue weighted by Gasteiger charge is 2.04. The zero-order valence-corrected chi connectivity index (χ0v) is 9.47. The molecule has 0 amide bonds. The number of H-pyrrole nitrogens is 1. The molecule has 1 atom stereocenters. The van der Waals surface area contributed by atoms with Crippen LogP contribution in [-0.2, 0) is 11.3 Å². The zero-order chi connectivity index (χ0) is 11.1. The summed E-state index contributed by atoms with van der Waals surface area (Å²) in [5, 5.41) is 19.9. The SMILES string of the molecule is COCC(C)NC(=S)NCc1nn[nH]n1. The first-order chi connectivity index (χ1) is 7.22. The van der Waals surface area contributed by atoms with Crippen molar-refractivity contribution in [2.45, 2.75) is 19.5 Å². The maximum atomic E-state index is 5.05. The van der Waals surface area contributed by atoms with Gasteiger partial charge in [0, 0.05) is 13.2 Å². The van der Waals surface area contributed by atoms with Gasteiger partial charge in [0.05, 0.1) is 13.2 Å². The summed E-state index contributed by atoms with van der Waals surface area (Å²) in [4.78, 5) is 0. The summed E-state index contributed by atoms with van der Waals surface area (Å²) in [7, 11) is 1.65. The third kappa shape index (κ3) is 4.66. The predicted molar refractivity (Wildman–Crippen MR) is 58.1 cm³/mol. The van der Waals surface area contributed by atoms with Crippen LogP contribution in [0, 0.1) is 0 Å². The van der Waals surface area contributed by atoms with Gasteiger partial charge in [0.1, 0.15) is 0 Å². The van der Waals surface area contributed by atoms with Gasteiger partial charge in [-0.25, -0.2) is 0 Å². The number of hydrogen-bond acceptors (Lipinski definition) is 5. The van der Waals surface area contributed by atoms with E-state index < -0.39 is 0 Å². The number of methoxy groups -OCH3 is 1. The summed E-state index contributed by atoms with van der Waals surface area (Å²) < 4.78 is 4.97. The lowest BCUT2D eigenvalue weighted by molar-refractivity contribution is 0.179. The number of thiocarbonyl (C=S) groups is 1. The van der Waals surface area contributed by atoms with Crippen molar-refractivity contribution in [3.63, 3.8) is 0 Å². The molecule has 15 heavy (non-hydrogen) atoms. The van der Waals surface area contributed by atoms with Gasteiger partial charge in [-0.15, -0.1) is 10.2 Å². The Kier molecular flexibility index (Phi) is 4.91. The predicted octanol–water partition coefficient (Wildman–Crippen LogP) is -0.801. The van der Waals surface area contributed by atoms with Crippen LogP contribution in [0.1, 0.15) is 12.7 Å². The lowest BCUT2D eigenvalue weighted by atomic mass is 10.4. The van der Waals surface area contributed by atoms with Crippen molar-refractivity contribution in [2.75, 3.05) is 13.7 Å². The minimum Gasteiger partial charge on any atom is -0.383 e. The van der Waals surface area contributed by atoms with Crippen molar-refractivity contribution in [1.29, 1.82) is 0 Å². The molecule has 0 radical (unpaired) electrons. The summed E-state index contributed by atoms with van der Waals surface area (Å²) in [6, 6.07) is 0.167. The van der Waals surface area contributed by atoms with Crippen molar-refractivity contribution in [3.05, 3.63) is 5.82 Å². The van der Waals surface area contributed by atoms with Crippen LogP contribution in [0.2, 0.25) is 0 Å². The Hall–Kier alpha value is -1.28. The molecule has 0 fully saturated rings. The van der Waals surface area contributed by atoms with E-state index in [2.05, 4.69) is 31.3 Å². The first kappa shape index (κ1) is 11.8. The van der Waals surface area contributed by atoms with E-state index in [0.717, 1.165) is 0 Å². The van der Waals surface area contributed by atoms with E-state index >= 15 is 0 Å². The largest absolute Gasteiger partial charge is 0.383 e. The average molecular weight is 230 g/mol. The molecule has 3 N–H and O–H groups in total. The van der Waals surface area contributed by atoms with Crippen molar-refractivity contribution in [2.24, 2.45) is 0 Å². The van der Waals surface area contributed by atoms with E-state index in [1.807, 2.05) is 6.92 Å². The number of nitrogens with zero attached hydrogens (tertiary/aromatic N) is 3. The Morgan fingerprint density at radius 3 is 3.07 bits per heavy atom. The van der Waals surface area contributed by atoms with Crippen LogP contribution in [0.4, 0.5) is 0 Å². The van der Waals surface area contributed by atoms with Gasteiger partial charge in [0.15, 0.2) is 10.9 Å². The summed E-state index contributed by atoms with van der Waals surface area (Å²) in [5.41, 5.74) is 0. The van der Waals surface area contributed by atoms with Crippen LogP contribution in [0.5, 0.6) is 0 Å². The number of tetrazole rings is 1. The molecule has 1 aromatic heterocycles. The number of aromatic amines is 1. The smallest absolute Gasteiger partial charge is 0.193 e. The minimum absolute atomic E-state index is 0.167. The Bertz CT molecular complexity index is 290. The Morgan fingerprint density at radius 1 is 1.67 bits per heavy atom. The molecule has 0 aliphatic rings. The Morgan fingerprint density at radius 2 is 2.47 bits per heavy atom. The number of aromatic nitrogens is 4. The van der Waals surface area contributed by atoms with Gasteiger partial charge >= 0.3 is 0 Å². The number of ether oxygens (including phenoxy) is 1. The van der Waals surface area contributed by atoms with Gasteiger partial charge in [-0.1, -0.05) is 5.21 Å². The molecule has 1 rings (SSSR count). The molecule has 0 aliphatic heterocycles. The van der Waals surface area contributed by atoms with E-state index in [1.54, 1.807) is 7.11 Å². The maximum Gasteiger partial charge on any atom is 0.193 e. The van der Waals surface area contributed by atoms with Crippen molar-refractivity contribution in [3.8, 4) is 0 Å². The molecule has 0 aromatic carbocycles. The lowest BCUT2D eigenvalue weighted by Gasteiger charge is -2.15. The van der Waals surface area contributed by atoms with Crippen LogP contribution in [0.3, 0.4) is 0 Å². The fourth-order valence-electron chi connectivity index (χ4n) is 0.983. The topological polar surface area (TPSA) is 87.8 Å². The molecular formula is C7H14N6OS. The van der Waals surface area contributed by atoms with Gasteiger partial charge < -0.3 is 15.4 Å². The molecule has 84 valence electrons. The fraction of sp³-hybridized carbons (Fsp3) is 0.714. The summed E-state index contributed by atoms with van der Waals surface area (Å²) in [6.07, 6.45) is 0. The minimum atomic E-state index is 0.167. The average Bonchev–Trinajstić information content (AvgIpc) is 2.67. The van der Waals surface area contributed by atoms with Gasteiger partial charge in [0.2, 0.25) is 0 Å². The van der Waals surface area contributed by atoms with Gasteiger partial charge in [-0.05, 0) is 19.1 Å². The van der Waals surface area contributed by atoms with Gasteiger partial charge in [-0.2, -0.15) is 5.21 Å². The fourth-order valence-corrected chi connectivity index (χ4v) is 1.26. The number of hydrogen-bond donors (Lipinski definition) is 3. The number of nitrogens with one attached hydrogen (secondary N) is 3. The Labute approximate surface area is 93.0 Å². The van der Waals surface area contributed by atoms with Crippen molar-refractivity contribution < 1.29 is 4.74 Å². The first-order valence-electron chi connectivity index (χ1n) is 4.48. The lowest BCUT2D eigenvalue weighted by Crippen LogP contribution is -2.42. The van der Waals surface area contributed by atoms with Crippen molar-refractivity contribution in [1.82, 2.24) is 31.3 Å². The van der Waals surface area contributed by atoms with Crippen LogP contribution in [-0.4, -0.2) is 45.5 Å². The second-order valence-corrected chi connectivity index (χ2v) is 3.42. The zero-order valence-electron chi connectivity index (χ0n) is 8.65. The molecule has 0 aliphatic carbocycles. The van der Waals surface area contributed by atoms with Crippen LogP contribution < -0.4 is 10.6 Å². The number of rotatable bonds is 5. The van der Waals surface area contributed by atoms with E-state index in [1.165, 1.54) is 0 Å². The van der Waals surface area contributed by atoms with Gasteiger partial charge in [-0.3, -0.25) is 0 Å². The van der Waals surface area contributed by atoms with Gasteiger partial charge in [0.25, 0.3) is 0 Å². The summed E-state index contributed by atoms with van der Waals surface area (Å²) >= 11 is 5.05. The van der Waals surface area contributed by atoms with E-state index in [4.69, 9.17) is 17.0 Å². The highest BCUT2D eigenvalue weighted by molar-refractivity contribution is 7.80. The van der Waals surface area contributed by atoms with E-state index in [0.29, 0.717) is 24.1 Å². The molecule has 1 aromatic rings. The molecule has 7 nitrogen and oxygen atoms in total. The third-order valence-electron chi connectivity index (χ3n) is 1.59. The van der Waals surface area contributed by atoms with Crippen LogP contribution >= 0.6 is 12.2 Å². The molecule has 0 bridgehead atoms. The molecule has 0 spiro atoms. The molecule has 0 saturated heterocycles. The van der Waals surface area contributed by atoms with Crippen LogP contribution in [0.25, 0.3) is 0 Å².